The number of hydrogen-bond donors (Lipinski definition) is 0. The van der Waals surface area contributed by atoms with E-state index in [1.807, 2.05) is 61.5 Å². The Morgan fingerprint density at radius 1 is 0.745 bits per heavy atom. The molecule has 0 bridgehead atoms. The summed E-state index contributed by atoms with van der Waals surface area (Å²) in [4.78, 5) is 29.9. The Bertz CT molecular complexity index is 2070. The Morgan fingerprint density at radius 2 is 1.33 bits per heavy atom. The lowest BCUT2D eigenvalue weighted by Gasteiger charge is -2.27. The summed E-state index contributed by atoms with van der Waals surface area (Å²) in [5.74, 6) is 2.53. The number of carbonyl (C=O) groups excluding carboxylic acids is 2. The fraction of sp³-hybridized carbons (Fsp3) is 0.302. The van der Waals surface area contributed by atoms with Crippen LogP contribution in [-0.4, -0.2) is 49.9 Å². The summed E-state index contributed by atoms with van der Waals surface area (Å²) in [6.07, 6.45) is 0.00346. The molecule has 10 nitrogen and oxygen atoms in total. The van der Waals surface area contributed by atoms with Gasteiger partial charge in [-0.25, -0.2) is 0 Å². The van der Waals surface area contributed by atoms with E-state index < -0.39 is 6.10 Å². The number of halogens is 2. The summed E-state index contributed by atoms with van der Waals surface area (Å²) in [5.41, 5.74) is 4.89. The first-order valence-electron chi connectivity index (χ1n) is 18.0. The van der Waals surface area contributed by atoms with Gasteiger partial charge in [0.1, 0.15) is 36.0 Å². The van der Waals surface area contributed by atoms with E-state index in [2.05, 4.69) is 27.0 Å². The van der Waals surface area contributed by atoms with Gasteiger partial charge in [0.25, 0.3) is 0 Å². The summed E-state index contributed by atoms with van der Waals surface area (Å²) in [7, 11) is 0. The number of ether oxygens (including phenoxy) is 6. The monoisotopic (exact) mass is 786 g/mol. The van der Waals surface area contributed by atoms with Crippen LogP contribution in [0.25, 0.3) is 5.57 Å². The minimum absolute atomic E-state index is 0.00368. The average Bonchev–Trinajstić information content (AvgIpc) is 3.89. The molecule has 0 spiro atoms. The van der Waals surface area contributed by atoms with E-state index in [0.29, 0.717) is 70.0 Å². The van der Waals surface area contributed by atoms with Crippen molar-refractivity contribution >= 4 is 52.0 Å². The molecule has 0 aliphatic carbocycles. The third-order valence-corrected chi connectivity index (χ3v) is 9.93. The van der Waals surface area contributed by atoms with Crippen LogP contribution in [0.5, 0.6) is 34.5 Å². The summed E-state index contributed by atoms with van der Waals surface area (Å²) >= 11 is 12.3. The van der Waals surface area contributed by atoms with E-state index in [9.17, 15) is 9.59 Å². The number of para-hydroxylation sites is 2. The second kappa shape index (κ2) is 17.9. The molecule has 2 aliphatic heterocycles. The Labute approximate surface area is 331 Å². The fourth-order valence-corrected chi connectivity index (χ4v) is 6.45. The van der Waals surface area contributed by atoms with Gasteiger partial charge in [-0.2, -0.15) is 0 Å². The van der Waals surface area contributed by atoms with Crippen molar-refractivity contribution in [3.05, 3.63) is 114 Å². The Kier molecular flexibility index (Phi) is 12.8. The first-order valence-corrected chi connectivity index (χ1v) is 19.1. The van der Waals surface area contributed by atoms with E-state index in [1.165, 1.54) is 0 Å². The van der Waals surface area contributed by atoms with Crippen molar-refractivity contribution in [3.8, 4) is 34.5 Å². The molecule has 6 rings (SSSR count). The normalized spacial score (nSPS) is 13.0. The highest BCUT2D eigenvalue weighted by Crippen LogP contribution is 2.45. The zero-order valence-electron chi connectivity index (χ0n) is 31.1. The van der Waals surface area contributed by atoms with E-state index in [0.717, 1.165) is 16.7 Å². The summed E-state index contributed by atoms with van der Waals surface area (Å²) in [6, 6.07) is 24.0. The molecule has 2 heterocycles. The van der Waals surface area contributed by atoms with E-state index in [4.69, 9.17) is 51.6 Å². The first-order chi connectivity index (χ1) is 26.6. The maximum Gasteiger partial charge on any atom is 0.242 e. The van der Waals surface area contributed by atoms with Gasteiger partial charge in [-0.1, -0.05) is 70.3 Å². The van der Waals surface area contributed by atoms with Crippen LogP contribution < -0.4 is 38.2 Å². The maximum atomic E-state index is 13.5. The van der Waals surface area contributed by atoms with Crippen LogP contribution >= 0.6 is 23.2 Å². The number of benzene rings is 4. The standard InChI is InChI=1S/C43H44Cl2N2O8/c1-6-35(55-37-14-10-8-12-31(37)23-46(41(48)20-44)32-15-16-38-39(18-32)52-25-51-38)29(5)34-17-33(19-40-43(34)54-26-53-40)47(42(49)21-45)22-30-11-7-9-13-36(30)50-24-28(4)27(2)3/h7-19,27,35H,4-6,20-26H2,1-3H3. The van der Waals surface area contributed by atoms with Gasteiger partial charge in [-0.3, -0.25) is 9.59 Å². The highest BCUT2D eigenvalue weighted by atomic mass is 35.5. The number of hydrogen-bond acceptors (Lipinski definition) is 8. The van der Waals surface area contributed by atoms with Crippen LogP contribution in [0.4, 0.5) is 11.4 Å². The highest BCUT2D eigenvalue weighted by molar-refractivity contribution is 6.29. The molecule has 0 saturated heterocycles. The van der Waals surface area contributed by atoms with Crippen LogP contribution in [-0.2, 0) is 22.7 Å². The molecule has 4 aromatic rings. The number of fused-ring (bicyclic) bond motifs is 2. The zero-order valence-corrected chi connectivity index (χ0v) is 32.7. The Balaban J connectivity index is 1.28. The van der Waals surface area contributed by atoms with Crippen molar-refractivity contribution in [2.24, 2.45) is 5.92 Å². The predicted octanol–water partition coefficient (Wildman–Crippen LogP) is 9.15. The van der Waals surface area contributed by atoms with E-state index in [-0.39, 0.29) is 56.2 Å². The number of alkyl halides is 2. The summed E-state index contributed by atoms with van der Waals surface area (Å²) < 4.78 is 35.7. The molecular weight excluding hydrogens is 743 g/mol. The van der Waals surface area contributed by atoms with Crippen molar-refractivity contribution in [2.75, 3.05) is 41.8 Å². The smallest absolute Gasteiger partial charge is 0.242 e. The van der Waals surface area contributed by atoms with Crippen molar-refractivity contribution in [2.45, 2.75) is 46.4 Å². The topological polar surface area (TPSA) is 96.0 Å². The number of rotatable bonds is 17. The third-order valence-electron chi connectivity index (χ3n) is 9.47. The zero-order chi connectivity index (χ0) is 39.1. The lowest BCUT2D eigenvalue weighted by Crippen LogP contribution is -2.32. The molecule has 2 amide bonds. The van der Waals surface area contributed by atoms with Crippen molar-refractivity contribution in [1.29, 1.82) is 0 Å². The molecule has 288 valence electrons. The number of anilines is 2. The number of carbonyl (C=O) groups is 2. The lowest BCUT2D eigenvalue weighted by atomic mass is 9.97. The number of nitrogens with zero attached hydrogens (tertiary/aromatic N) is 2. The van der Waals surface area contributed by atoms with Gasteiger partial charge in [0.15, 0.2) is 23.0 Å². The summed E-state index contributed by atoms with van der Waals surface area (Å²) in [6.45, 7) is 15.6. The van der Waals surface area contributed by atoms with Gasteiger partial charge in [0.2, 0.25) is 25.4 Å². The molecule has 2 aliphatic rings. The van der Waals surface area contributed by atoms with Crippen molar-refractivity contribution in [3.63, 3.8) is 0 Å². The van der Waals surface area contributed by atoms with Crippen molar-refractivity contribution < 1.29 is 38.0 Å². The largest absolute Gasteiger partial charge is 0.489 e. The van der Waals surface area contributed by atoms with Crippen molar-refractivity contribution in [1.82, 2.24) is 0 Å². The SMILES string of the molecule is C=C(COc1ccccc1CN(C(=O)CCl)c1cc2c(c(C(=C)C(CC)Oc3ccccc3CN(C(=O)CCl)c3ccc4c(c3)OCO4)c1)OCO2)C(C)C. The molecule has 0 saturated carbocycles. The van der Waals surface area contributed by atoms with Gasteiger partial charge in [0, 0.05) is 40.2 Å². The van der Waals surface area contributed by atoms with Crippen LogP contribution in [0.15, 0.2) is 97.6 Å². The maximum absolute atomic E-state index is 13.5. The molecular formula is C43H44Cl2N2O8. The molecule has 4 aromatic carbocycles. The minimum atomic E-state index is -0.534. The Hall–Kier alpha value is -5.32. The highest BCUT2D eigenvalue weighted by Gasteiger charge is 2.29. The molecule has 0 fully saturated rings. The summed E-state index contributed by atoms with van der Waals surface area (Å²) in [5, 5.41) is 0. The quantitative estimate of drug-likeness (QED) is 0.0773. The second-order valence-corrected chi connectivity index (χ2v) is 13.9. The van der Waals surface area contributed by atoms with Gasteiger partial charge < -0.3 is 38.2 Å². The fourth-order valence-electron chi connectivity index (χ4n) is 6.16. The first kappa shape index (κ1) is 39.4. The molecule has 1 unspecified atom stereocenters. The molecule has 55 heavy (non-hydrogen) atoms. The molecule has 1 atom stereocenters. The van der Waals surface area contributed by atoms with Gasteiger partial charge in [0.05, 0.1) is 13.1 Å². The van der Waals surface area contributed by atoms with Crippen LogP contribution in [0.1, 0.15) is 43.9 Å². The third kappa shape index (κ3) is 8.98. The molecule has 12 heteroatoms. The molecule has 0 N–H and O–H groups in total. The van der Waals surface area contributed by atoms with Gasteiger partial charge in [-0.05, 0) is 53.8 Å². The Morgan fingerprint density at radius 3 is 2.00 bits per heavy atom. The van der Waals surface area contributed by atoms with Gasteiger partial charge >= 0.3 is 0 Å². The minimum Gasteiger partial charge on any atom is -0.489 e. The van der Waals surface area contributed by atoms with Crippen LogP contribution in [0.3, 0.4) is 0 Å². The second-order valence-electron chi connectivity index (χ2n) is 13.3. The molecule has 0 aromatic heterocycles. The van der Waals surface area contributed by atoms with Crippen LogP contribution in [0, 0.1) is 5.92 Å². The van der Waals surface area contributed by atoms with Crippen LogP contribution in [0.2, 0.25) is 0 Å². The lowest BCUT2D eigenvalue weighted by molar-refractivity contribution is -0.117. The number of amides is 2. The van der Waals surface area contributed by atoms with E-state index in [1.54, 1.807) is 34.1 Å². The predicted molar refractivity (Wildman–Crippen MR) is 215 cm³/mol. The van der Waals surface area contributed by atoms with Gasteiger partial charge in [-0.15, -0.1) is 23.2 Å². The molecule has 0 radical (unpaired) electrons. The average molecular weight is 788 g/mol. The van der Waals surface area contributed by atoms with E-state index >= 15 is 0 Å².